The van der Waals surface area contributed by atoms with Gasteiger partial charge in [0, 0.05) is 37.2 Å². The number of guanidine groups is 1. The fourth-order valence-electron chi connectivity index (χ4n) is 2.56. The summed E-state index contributed by atoms with van der Waals surface area (Å²) >= 11 is 2.12. The van der Waals surface area contributed by atoms with E-state index in [1.165, 1.54) is 37.9 Å². The van der Waals surface area contributed by atoms with Gasteiger partial charge in [-0.25, -0.2) is 0 Å². The summed E-state index contributed by atoms with van der Waals surface area (Å²) in [5, 5.41) is 4.25. The maximum absolute atomic E-state index is 4.83. The molecule has 0 radical (unpaired) electrons. The molecule has 0 bridgehead atoms. The fourth-order valence-corrected chi connectivity index (χ4v) is 3.74. The molecule has 1 saturated heterocycles. The van der Waals surface area contributed by atoms with Crippen LogP contribution in [0.4, 0.5) is 0 Å². The minimum atomic E-state index is 0. The van der Waals surface area contributed by atoms with E-state index in [2.05, 4.69) is 35.8 Å². The average Bonchev–Trinajstić information content (AvgIpc) is 3.26. The smallest absolute Gasteiger partial charge is 0.193 e. The Hall–Kier alpha value is 0.350. The second-order valence-electron chi connectivity index (χ2n) is 5.67. The van der Waals surface area contributed by atoms with E-state index in [0.29, 0.717) is 0 Å². The first-order valence-electron chi connectivity index (χ1n) is 7.98. The van der Waals surface area contributed by atoms with Crippen LogP contribution in [0.1, 0.15) is 46.0 Å². The molecule has 1 aliphatic heterocycles. The highest BCUT2D eigenvalue weighted by molar-refractivity contribution is 14.0. The Morgan fingerprint density at radius 2 is 2.15 bits per heavy atom. The maximum atomic E-state index is 4.83. The van der Waals surface area contributed by atoms with Crippen LogP contribution in [-0.2, 0) is 0 Å². The monoisotopic (exact) mass is 411 g/mol. The van der Waals surface area contributed by atoms with Gasteiger partial charge >= 0.3 is 0 Å². The third-order valence-electron chi connectivity index (χ3n) is 3.96. The highest BCUT2D eigenvalue weighted by atomic mass is 127. The van der Waals surface area contributed by atoms with Gasteiger partial charge in [-0.05, 0) is 32.1 Å². The van der Waals surface area contributed by atoms with Gasteiger partial charge in [-0.2, -0.15) is 11.8 Å². The van der Waals surface area contributed by atoms with Crippen molar-refractivity contribution >= 4 is 41.7 Å². The molecule has 3 nitrogen and oxygen atoms in total. The second-order valence-corrected chi connectivity index (χ2v) is 7.08. The number of nitrogens with one attached hydrogen (secondary N) is 1. The first kappa shape index (κ1) is 18.4. The van der Waals surface area contributed by atoms with E-state index >= 15 is 0 Å². The summed E-state index contributed by atoms with van der Waals surface area (Å²) in [6, 6.07) is 0. The minimum Gasteiger partial charge on any atom is -0.357 e. The lowest BCUT2D eigenvalue weighted by molar-refractivity contribution is 0.408. The summed E-state index contributed by atoms with van der Waals surface area (Å²) in [5.41, 5.74) is 0. The van der Waals surface area contributed by atoms with Crippen LogP contribution in [0.25, 0.3) is 0 Å². The Kier molecular flexibility index (Phi) is 9.33. The molecule has 0 aromatic heterocycles. The highest BCUT2D eigenvalue weighted by Gasteiger charge is 2.22. The molecular weight excluding hydrogens is 381 g/mol. The molecule has 1 aliphatic carbocycles. The summed E-state index contributed by atoms with van der Waals surface area (Å²) in [7, 11) is 0. The number of hydrogen-bond acceptors (Lipinski definition) is 2. The summed E-state index contributed by atoms with van der Waals surface area (Å²) in [5.74, 6) is 3.43. The molecule has 0 amide bonds. The van der Waals surface area contributed by atoms with Crippen LogP contribution < -0.4 is 5.32 Å². The molecule has 2 fully saturated rings. The zero-order valence-corrected chi connectivity index (χ0v) is 16.1. The Morgan fingerprint density at radius 3 is 2.80 bits per heavy atom. The van der Waals surface area contributed by atoms with E-state index in [1.54, 1.807) is 0 Å². The van der Waals surface area contributed by atoms with Gasteiger partial charge in [0.15, 0.2) is 5.96 Å². The zero-order chi connectivity index (χ0) is 13.5. The lowest BCUT2D eigenvalue weighted by atomic mass is 10.2. The van der Waals surface area contributed by atoms with E-state index < -0.39 is 0 Å². The maximum Gasteiger partial charge on any atom is 0.193 e. The zero-order valence-electron chi connectivity index (χ0n) is 12.9. The van der Waals surface area contributed by atoms with Gasteiger partial charge < -0.3 is 10.2 Å². The summed E-state index contributed by atoms with van der Waals surface area (Å²) in [6.07, 6.45) is 6.84. The summed E-state index contributed by atoms with van der Waals surface area (Å²) in [4.78, 5) is 7.29. The van der Waals surface area contributed by atoms with E-state index in [1.807, 2.05) is 0 Å². The van der Waals surface area contributed by atoms with Gasteiger partial charge in [0.2, 0.25) is 0 Å². The molecule has 0 spiro atoms. The van der Waals surface area contributed by atoms with Crippen molar-refractivity contribution < 1.29 is 0 Å². The van der Waals surface area contributed by atoms with Crippen molar-refractivity contribution in [3.63, 3.8) is 0 Å². The third kappa shape index (κ3) is 6.41. The van der Waals surface area contributed by atoms with Gasteiger partial charge in [0.05, 0.1) is 0 Å². The van der Waals surface area contributed by atoms with Gasteiger partial charge in [-0.15, -0.1) is 24.0 Å². The number of hydrogen-bond donors (Lipinski definition) is 1. The molecule has 1 N–H and O–H groups in total. The molecule has 20 heavy (non-hydrogen) atoms. The Labute approximate surface area is 145 Å². The molecule has 0 aromatic rings. The number of aliphatic imine (C=N–C) groups is 1. The SMILES string of the molecule is CCNC(=NCCCC1CC1)N1CCSC(CC)C1.I. The lowest BCUT2D eigenvalue weighted by Gasteiger charge is -2.34. The third-order valence-corrected chi connectivity index (χ3v) is 5.33. The van der Waals surface area contributed by atoms with Crippen LogP contribution in [0.5, 0.6) is 0 Å². The van der Waals surface area contributed by atoms with Crippen molar-refractivity contribution in [1.29, 1.82) is 0 Å². The number of nitrogens with zero attached hydrogens (tertiary/aromatic N) is 2. The van der Waals surface area contributed by atoms with Crippen molar-refractivity contribution in [2.24, 2.45) is 10.9 Å². The van der Waals surface area contributed by atoms with Crippen molar-refractivity contribution in [2.45, 2.75) is 51.2 Å². The Bertz CT molecular complexity index is 295. The number of thioether (sulfide) groups is 1. The fraction of sp³-hybridized carbons (Fsp3) is 0.933. The molecule has 2 aliphatic rings. The lowest BCUT2D eigenvalue weighted by Crippen LogP contribution is -2.48. The molecule has 2 rings (SSSR count). The molecule has 0 aromatic carbocycles. The molecule has 1 atom stereocenters. The van der Waals surface area contributed by atoms with Crippen LogP contribution in [0.2, 0.25) is 0 Å². The summed E-state index contributed by atoms with van der Waals surface area (Å²) < 4.78 is 0. The van der Waals surface area contributed by atoms with Gasteiger partial charge in [-0.3, -0.25) is 4.99 Å². The summed E-state index contributed by atoms with van der Waals surface area (Å²) in [6.45, 7) is 8.74. The largest absolute Gasteiger partial charge is 0.357 e. The van der Waals surface area contributed by atoms with Crippen molar-refractivity contribution in [1.82, 2.24) is 10.2 Å². The number of halogens is 1. The van der Waals surface area contributed by atoms with Gasteiger partial charge in [0.25, 0.3) is 0 Å². The quantitative estimate of drug-likeness (QED) is 0.313. The van der Waals surface area contributed by atoms with Crippen molar-refractivity contribution in [2.75, 3.05) is 31.9 Å². The standard InChI is InChI=1S/C15H29N3S.HI/c1-3-14-12-18(10-11-19-14)15(16-4-2)17-9-5-6-13-7-8-13;/h13-14H,3-12H2,1-2H3,(H,16,17);1H. The van der Waals surface area contributed by atoms with E-state index in [9.17, 15) is 0 Å². The first-order valence-corrected chi connectivity index (χ1v) is 9.03. The molecular formula is C15H30IN3S. The molecule has 1 heterocycles. The van der Waals surface area contributed by atoms with Crippen LogP contribution >= 0.6 is 35.7 Å². The van der Waals surface area contributed by atoms with Gasteiger partial charge in [-0.1, -0.05) is 19.8 Å². The molecule has 1 unspecified atom stereocenters. The predicted octanol–water partition coefficient (Wildman–Crippen LogP) is 3.59. The van der Waals surface area contributed by atoms with E-state index in [0.717, 1.165) is 43.3 Å². The second kappa shape index (κ2) is 10.1. The average molecular weight is 411 g/mol. The Morgan fingerprint density at radius 1 is 1.35 bits per heavy atom. The van der Waals surface area contributed by atoms with Crippen LogP contribution in [0.15, 0.2) is 4.99 Å². The van der Waals surface area contributed by atoms with Crippen LogP contribution in [-0.4, -0.2) is 48.0 Å². The van der Waals surface area contributed by atoms with Gasteiger partial charge in [0.1, 0.15) is 0 Å². The normalized spacial score (nSPS) is 23.4. The Balaban J connectivity index is 0.00000200. The first-order chi connectivity index (χ1) is 9.33. The molecule has 1 saturated carbocycles. The predicted molar refractivity (Wildman–Crippen MR) is 101 cm³/mol. The molecule has 118 valence electrons. The van der Waals surface area contributed by atoms with Crippen molar-refractivity contribution in [3.05, 3.63) is 0 Å². The minimum absolute atomic E-state index is 0. The van der Waals surface area contributed by atoms with E-state index in [4.69, 9.17) is 4.99 Å². The van der Waals surface area contributed by atoms with Crippen LogP contribution in [0.3, 0.4) is 0 Å². The highest BCUT2D eigenvalue weighted by Crippen LogP contribution is 2.33. The van der Waals surface area contributed by atoms with Crippen molar-refractivity contribution in [3.8, 4) is 0 Å². The number of rotatable bonds is 6. The molecule has 5 heteroatoms. The van der Waals surface area contributed by atoms with Crippen LogP contribution in [0, 0.1) is 5.92 Å². The topological polar surface area (TPSA) is 27.6 Å². The van der Waals surface area contributed by atoms with E-state index in [-0.39, 0.29) is 24.0 Å².